The third-order valence-electron chi connectivity index (χ3n) is 4.31. The summed E-state index contributed by atoms with van der Waals surface area (Å²) in [7, 11) is 0. The number of rotatable bonds is 5. The number of carbonyl (C=O) groups is 1. The topological polar surface area (TPSA) is 45.2 Å². The molecule has 1 saturated carbocycles. The van der Waals surface area contributed by atoms with E-state index >= 15 is 0 Å². The maximum atomic E-state index is 14.9. The largest absolute Gasteiger partial charge is 0.353 e. The molecule has 0 spiro atoms. The second-order valence-electron chi connectivity index (χ2n) is 6.29. The van der Waals surface area contributed by atoms with E-state index in [0.717, 1.165) is 24.9 Å². The Morgan fingerprint density at radius 1 is 1.52 bits per heavy atom. The molecule has 1 aromatic rings. The van der Waals surface area contributed by atoms with Crippen LogP contribution in [0.15, 0.2) is 24.5 Å². The van der Waals surface area contributed by atoms with Crippen LogP contribution < -0.4 is 5.32 Å². The third kappa shape index (κ3) is 3.79. The predicted octanol–water partition coefficient (Wildman–Crippen LogP) is 1.91. The van der Waals surface area contributed by atoms with Gasteiger partial charge in [0.15, 0.2) is 0 Å². The minimum Gasteiger partial charge on any atom is -0.353 e. The smallest absolute Gasteiger partial charge is 0.259 e. The first kappa shape index (κ1) is 14.4. The molecule has 21 heavy (non-hydrogen) atoms. The summed E-state index contributed by atoms with van der Waals surface area (Å²) in [5.41, 5.74) is -0.685. The maximum absolute atomic E-state index is 14.9. The molecule has 1 saturated heterocycles. The van der Waals surface area contributed by atoms with Crippen molar-refractivity contribution >= 4 is 5.91 Å². The number of halogens is 1. The fourth-order valence-electron chi connectivity index (χ4n) is 2.88. The Morgan fingerprint density at radius 3 is 3.10 bits per heavy atom. The number of amides is 1. The first-order valence-corrected chi connectivity index (χ1v) is 7.74. The van der Waals surface area contributed by atoms with E-state index < -0.39 is 11.6 Å². The number of hydrogen-bond acceptors (Lipinski definition) is 3. The molecule has 3 rings (SSSR count). The van der Waals surface area contributed by atoms with Gasteiger partial charge in [-0.1, -0.05) is 6.07 Å². The lowest BCUT2D eigenvalue weighted by molar-refractivity contribution is -0.136. The van der Waals surface area contributed by atoms with Crippen LogP contribution in [-0.2, 0) is 11.3 Å². The SMILES string of the molecule is O=C(NCC1CC1)[C@]1(F)CCCN(Cc2cccnc2)C1. The van der Waals surface area contributed by atoms with Crippen LogP contribution in [0.4, 0.5) is 4.39 Å². The highest BCUT2D eigenvalue weighted by Gasteiger charge is 2.42. The zero-order valence-electron chi connectivity index (χ0n) is 12.2. The van der Waals surface area contributed by atoms with Gasteiger partial charge in [0, 0.05) is 32.0 Å². The molecule has 2 fully saturated rings. The average Bonchev–Trinajstić information content (AvgIpc) is 3.30. The van der Waals surface area contributed by atoms with Crippen molar-refractivity contribution in [3.63, 3.8) is 0 Å². The summed E-state index contributed by atoms with van der Waals surface area (Å²) in [6.07, 6.45) is 6.88. The molecule has 0 unspecified atom stereocenters. The number of alkyl halides is 1. The first-order valence-electron chi connectivity index (χ1n) is 7.74. The van der Waals surface area contributed by atoms with Gasteiger partial charge >= 0.3 is 0 Å². The average molecular weight is 291 g/mol. The van der Waals surface area contributed by atoms with Gasteiger partial charge in [0.1, 0.15) is 0 Å². The van der Waals surface area contributed by atoms with E-state index in [1.165, 1.54) is 0 Å². The molecule has 5 heteroatoms. The molecule has 1 N–H and O–H groups in total. The maximum Gasteiger partial charge on any atom is 0.259 e. The Kier molecular flexibility index (Phi) is 4.19. The summed E-state index contributed by atoms with van der Waals surface area (Å²) in [4.78, 5) is 18.2. The number of carbonyl (C=O) groups excluding carboxylic acids is 1. The number of pyridine rings is 1. The van der Waals surface area contributed by atoms with Crippen LogP contribution in [0.3, 0.4) is 0 Å². The van der Waals surface area contributed by atoms with Crippen molar-refractivity contribution < 1.29 is 9.18 Å². The highest BCUT2D eigenvalue weighted by atomic mass is 19.1. The van der Waals surface area contributed by atoms with Crippen molar-refractivity contribution in [3.05, 3.63) is 30.1 Å². The van der Waals surface area contributed by atoms with Crippen molar-refractivity contribution in [1.82, 2.24) is 15.2 Å². The van der Waals surface area contributed by atoms with Crippen molar-refractivity contribution in [1.29, 1.82) is 0 Å². The Bertz CT molecular complexity index is 492. The Hall–Kier alpha value is -1.49. The quantitative estimate of drug-likeness (QED) is 0.901. The molecule has 1 aromatic heterocycles. The van der Waals surface area contributed by atoms with Crippen molar-refractivity contribution in [3.8, 4) is 0 Å². The minimum absolute atomic E-state index is 0.179. The number of hydrogen-bond donors (Lipinski definition) is 1. The van der Waals surface area contributed by atoms with Crippen LogP contribution in [0.1, 0.15) is 31.2 Å². The number of nitrogens with one attached hydrogen (secondary N) is 1. The van der Waals surface area contributed by atoms with Gasteiger partial charge in [0.25, 0.3) is 5.91 Å². The van der Waals surface area contributed by atoms with Crippen LogP contribution in [0.25, 0.3) is 0 Å². The molecular weight excluding hydrogens is 269 g/mol. The van der Waals surface area contributed by atoms with Gasteiger partial charge in [-0.2, -0.15) is 0 Å². The van der Waals surface area contributed by atoms with Gasteiger partial charge in [0.2, 0.25) is 5.67 Å². The number of nitrogens with zero attached hydrogens (tertiary/aromatic N) is 2. The predicted molar refractivity (Wildman–Crippen MR) is 78.3 cm³/mol. The fourth-order valence-corrected chi connectivity index (χ4v) is 2.88. The lowest BCUT2D eigenvalue weighted by atomic mass is 9.93. The van der Waals surface area contributed by atoms with Gasteiger partial charge in [-0.25, -0.2) is 4.39 Å². The van der Waals surface area contributed by atoms with Gasteiger partial charge in [-0.3, -0.25) is 14.7 Å². The minimum atomic E-state index is -1.74. The van der Waals surface area contributed by atoms with E-state index in [-0.39, 0.29) is 6.54 Å². The van der Waals surface area contributed by atoms with Crippen LogP contribution in [0, 0.1) is 5.92 Å². The lowest BCUT2D eigenvalue weighted by Gasteiger charge is -2.36. The second kappa shape index (κ2) is 6.10. The summed E-state index contributed by atoms with van der Waals surface area (Å²) in [5, 5.41) is 2.79. The zero-order valence-corrected chi connectivity index (χ0v) is 12.2. The van der Waals surface area contributed by atoms with Gasteiger partial charge in [-0.05, 0) is 49.8 Å². The highest BCUT2D eigenvalue weighted by Crippen LogP contribution is 2.29. The second-order valence-corrected chi connectivity index (χ2v) is 6.29. The molecule has 2 heterocycles. The molecular formula is C16H22FN3O. The fraction of sp³-hybridized carbons (Fsp3) is 0.625. The van der Waals surface area contributed by atoms with Gasteiger partial charge in [-0.15, -0.1) is 0 Å². The molecule has 1 aliphatic heterocycles. The molecule has 114 valence electrons. The Labute approximate surface area is 124 Å². The first-order chi connectivity index (χ1) is 10.2. The van der Waals surface area contributed by atoms with E-state index in [9.17, 15) is 9.18 Å². The molecule has 0 aromatic carbocycles. The van der Waals surface area contributed by atoms with Crippen molar-refractivity contribution in [2.75, 3.05) is 19.6 Å². The summed E-state index contributed by atoms with van der Waals surface area (Å²) >= 11 is 0. The van der Waals surface area contributed by atoms with Gasteiger partial charge < -0.3 is 5.32 Å². The lowest BCUT2D eigenvalue weighted by Crippen LogP contribution is -2.54. The molecule has 1 amide bonds. The zero-order chi connectivity index (χ0) is 14.7. The van der Waals surface area contributed by atoms with E-state index in [0.29, 0.717) is 31.8 Å². The van der Waals surface area contributed by atoms with E-state index in [1.54, 1.807) is 12.4 Å². The third-order valence-corrected chi connectivity index (χ3v) is 4.31. The molecule has 2 aliphatic rings. The monoisotopic (exact) mass is 291 g/mol. The standard InChI is InChI=1S/C16H22FN3O/c17-16(15(21)19-10-13-4-5-13)6-2-8-20(12-16)11-14-3-1-7-18-9-14/h1,3,7,9,13H,2,4-6,8,10-12H2,(H,19,21)/t16-/m0/s1. The summed E-state index contributed by atoms with van der Waals surface area (Å²) in [5.74, 6) is 0.151. The summed E-state index contributed by atoms with van der Waals surface area (Å²) in [6.45, 7) is 2.29. The number of piperidine rings is 1. The molecule has 1 aliphatic carbocycles. The molecule has 1 atom stereocenters. The number of likely N-dealkylation sites (tertiary alicyclic amines) is 1. The summed E-state index contributed by atoms with van der Waals surface area (Å²) in [6, 6.07) is 3.86. The van der Waals surface area contributed by atoms with Gasteiger partial charge in [0.05, 0.1) is 0 Å². The van der Waals surface area contributed by atoms with Crippen LogP contribution in [-0.4, -0.2) is 41.1 Å². The number of aromatic nitrogens is 1. The Balaban J connectivity index is 1.57. The van der Waals surface area contributed by atoms with Crippen molar-refractivity contribution in [2.45, 2.75) is 37.9 Å². The van der Waals surface area contributed by atoms with E-state index in [4.69, 9.17) is 0 Å². The molecule has 0 radical (unpaired) electrons. The van der Waals surface area contributed by atoms with E-state index in [2.05, 4.69) is 10.3 Å². The van der Waals surface area contributed by atoms with E-state index in [1.807, 2.05) is 17.0 Å². The Morgan fingerprint density at radius 2 is 2.38 bits per heavy atom. The normalized spacial score (nSPS) is 26.5. The molecule has 0 bridgehead atoms. The van der Waals surface area contributed by atoms with Crippen LogP contribution >= 0.6 is 0 Å². The van der Waals surface area contributed by atoms with Crippen LogP contribution in [0.2, 0.25) is 0 Å². The summed E-state index contributed by atoms with van der Waals surface area (Å²) < 4.78 is 14.9. The molecule has 4 nitrogen and oxygen atoms in total. The van der Waals surface area contributed by atoms with Crippen molar-refractivity contribution in [2.24, 2.45) is 5.92 Å². The van der Waals surface area contributed by atoms with Crippen LogP contribution in [0.5, 0.6) is 0 Å². The highest BCUT2D eigenvalue weighted by molar-refractivity contribution is 5.85.